The van der Waals surface area contributed by atoms with Gasteiger partial charge in [0.2, 0.25) is 5.91 Å². The molecule has 0 aromatic heterocycles. The first-order valence-electron chi connectivity index (χ1n) is 7.92. The van der Waals surface area contributed by atoms with Gasteiger partial charge in [0.25, 0.3) is 0 Å². The number of carbonyl (C=O) groups is 1. The van der Waals surface area contributed by atoms with Gasteiger partial charge in [-0.1, -0.05) is 20.8 Å². The van der Waals surface area contributed by atoms with E-state index < -0.39 is 6.17 Å². The molecule has 0 radical (unpaired) electrons. The van der Waals surface area contributed by atoms with Crippen molar-refractivity contribution in [3.05, 3.63) is 0 Å². The smallest absolute Gasteiger partial charge is 0.225 e. The van der Waals surface area contributed by atoms with Crippen LogP contribution in [0, 0.1) is 17.8 Å². The SMILES string of the molecule is CC(C)C1CC(CC(C)C2CC(F)CN2C)C(=O)N1C. The molecule has 2 saturated heterocycles. The average Bonchev–Trinajstić information content (AvgIpc) is 2.83. The van der Waals surface area contributed by atoms with Crippen LogP contribution in [0.3, 0.4) is 0 Å². The van der Waals surface area contributed by atoms with Gasteiger partial charge in [0.05, 0.1) is 0 Å². The summed E-state index contributed by atoms with van der Waals surface area (Å²) in [5.41, 5.74) is 0. The zero-order valence-corrected chi connectivity index (χ0v) is 13.5. The summed E-state index contributed by atoms with van der Waals surface area (Å²) < 4.78 is 13.5. The molecule has 0 N–H and O–H groups in total. The topological polar surface area (TPSA) is 23.6 Å². The third-order valence-corrected chi connectivity index (χ3v) is 5.35. The highest BCUT2D eigenvalue weighted by Gasteiger charge is 2.41. The van der Waals surface area contributed by atoms with E-state index in [1.807, 2.05) is 19.0 Å². The Morgan fingerprint density at radius 1 is 1.20 bits per heavy atom. The van der Waals surface area contributed by atoms with E-state index in [1.165, 1.54) is 0 Å². The lowest BCUT2D eigenvalue weighted by atomic mass is 9.86. The Morgan fingerprint density at radius 3 is 2.30 bits per heavy atom. The Labute approximate surface area is 122 Å². The molecule has 0 spiro atoms. The number of halogens is 1. The fourth-order valence-corrected chi connectivity index (χ4v) is 4.16. The predicted molar refractivity (Wildman–Crippen MR) is 79.2 cm³/mol. The Morgan fingerprint density at radius 2 is 1.85 bits per heavy atom. The number of nitrogens with zero attached hydrogens (tertiary/aromatic N) is 2. The van der Waals surface area contributed by atoms with Gasteiger partial charge in [0.1, 0.15) is 6.17 Å². The van der Waals surface area contributed by atoms with Gasteiger partial charge in [0, 0.05) is 31.6 Å². The summed E-state index contributed by atoms with van der Waals surface area (Å²) in [7, 11) is 3.93. The third kappa shape index (κ3) is 3.00. The van der Waals surface area contributed by atoms with Crippen LogP contribution in [-0.4, -0.2) is 54.6 Å². The normalized spacial score (nSPS) is 37.1. The van der Waals surface area contributed by atoms with Crippen LogP contribution in [0.15, 0.2) is 0 Å². The maximum absolute atomic E-state index is 13.5. The standard InChI is InChI=1S/C16H29FN2O/c1-10(2)14-7-12(16(20)19(14)5)6-11(3)15-8-13(17)9-18(15)4/h10-15H,6-9H2,1-5H3. The van der Waals surface area contributed by atoms with Crippen LogP contribution in [0.25, 0.3) is 0 Å². The summed E-state index contributed by atoms with van der Waals surface area (Å²) in [4.78, 5) is 16.4. The van der Waals surface area contributed by atoms with Crippen molar-refractivity contribution in [2.24, 2.45) is 17.8 Å². The van der Waals surface area contributed by atoms with E-state index in [2.05, 4.69) is 25.7 Å². The molecule has 5 atom stereocenters. The number of carbonyl (C=O) groups excluding carboxylic acids is 1. The Kier molecular flexibility index (Phi) is 4.73. The van der Waals surface area contributed by atoms with E-state index in [9.17, 15) is 9.18 Å². The molecule has 2 rings (SSSR count). The second kappa shape index (κ2) is 6.00. The molecule has 2 fully saturated rings. The maximum Gasteiger partial charge on any atom is 0.225 e. The van der Waals surface area contributed by atoms with Gasteiger partial charge in [-0.2, -0.15) is 0 Å². The molecule has 2 aliphatic rings. The van der Waals surface area contributed by atoms with Crippen LogP contribution < -0.4 is 0 Å². The summed E-state index contributed by atoms with van der Waals surface area (Å²) in [5.74, 6) is 1.31. The molecule has 116 valence electrons. The Hall–Kier alpha value is -0.640. The van der Waals surface area contributed by atoms with E-state index in [0.29, 0.717) is 36.9 Å². The molecule has 2 aliphatic heterocycles. The van der Waals surface area contributed by atoms with Gasteiger partial charge >= 0.3 is 0 Å². The highest BCUT2D eigenvalue weighted by Crippen LogP contribution is 2.35. The summed E-state index contributed by atoms with van der Waals surface area (Å²) in [6.07, 6.45) is 1.79. The summed E-state index contributed by atoms with van der Waals surface area (Å²) in [6, 6.07) is 0.663. The Bertz CT molecular complexity index is 360. The molecule has 3 nitrogen and oxygen atoms in total. The number of rotatable bonds is 4. The molecule has 0 aromatic rings. The zero-order chi connectivity index (χ0) is 15.0. The van der Waals surface area contributed by atoms with Crippen LogP contribution in [0.4, 0.5) is 4.39 Å². The first kappa shape index (κ1) is 15.7. The van der Waals surface area contributed by atoms with Crippen LogP contribution >= 0.6 is 0 Å². The quantitative estimate of drug-likeness (QED) is 0.792. The zero-order valence-electron chi connectivity index (χ0n) is 13.5. The van der Waals surface area contributed by atoms with Crippen molar-refractivity contribution in [1.82, 2.24) is 9.80 Å². The molecule has 5 unspecified atom stereocenters. The third-order valence-electron chi connectivity index (χ3n) is 5.35. The largest absolute Gasteiger partial charge is 0.342 e. The second-order valence-electron chi connectivity index (χ2n) is 7.25. The minimum absolute atomic E-state index is 0.134. The van der Waals surface area contributed by atoms with Gasteiger partial charge in [-0.05, 0) is 38.1 Å². The molecule has 4 heteroatoms. The monoisotopic (exact) mass is 284 g/mol. The van der Waals surface area contributed by atoms with Gasteiger partial charge in [0.15, 0.2) is 0 Å². The second-order valence-corrected chi connectivity index (χ2v) is 7.25. The fourth-order valence-electron chi connectivity index (χ4n) is 4.16. The number of amides is 1. The molecule has 20 heavy (non-hydrogen) atoms. The average molecular weight is 284 g/mol. The Balaban J connectivity index is 1.95. The first-order valence-corrected chi connectivity index (χ1v) is 7.92. The van der Waals surface area contributed by atoms with E-state index in [-0.39, 0.29) is 11.8 Å². The summed E-state index contributed by atoms with van der Waals surface area (Å²) in [5, 5.41) is 0. The predicted octanol–water partition coefficient (Wildman–Crippen LogP) is 2.56. The fraction of sp³-hybridized carbons (Fsp3) is 0.938. The number of alkyl halides is 1. The molecule has 2 heterocycles. The molecule has 0 aliphatic carbocycles. The van der Waals surface area contributed by atoms with Crippen molar-refractivity contribution in [1.29, 1.82) is 0 Å². The van der Waals surface area contributed by atoms with Crippen LogP contribution in [0.5, 0.6) is 0 Å². The van der Waals surface area contributed by atoms with Crippen molar-refractivity contribution in [3.63, 3.8) is 0 Å². The lowest BCUT2D eigenvalue weighted by molar-refractivity contribution is -0.131. The van der Waals surface area contributed by atoms with Gasteiger partial charge in [-0.15, -0.1) is 0 Å². The number of hydrogen-bond donors (Lipinski definition) is 0. The van der Waals surface area contributed by atoms with E-state index in [4.69, 9.17) is 0 Å². The maximum atomic E-state index is 13.5. The molecule has 0 bridgehead atoms. The number of likely N-dealkylation sites (tertiary alicyclic amines) is 2. The van der Waals surface area contributed by atoms with Crippen molar-refractivity contribution >= 4 is 5.91 Å². The number of hydrogen-bond acceptors (Lipinski definition) is 2. The highest BCUT2D eigenvalue weighted by atomic mass is 19.1. The minimum atomic E-state index is -0.696. The molecule has 0 aromatic carbocycles. The minimum Gasteiger partial charge on any atom is -0.342 e. The van der Waals surface area contributed by atoms with E-state index in [0.717, 1.165) is 12.8 Å². The van der Waals surface area contributed by atoms with Gasteiger partial charge in [-0.3, -0.25) is 4.79 Å². The highest BCUT2D eigenvalue weighted by molar-refractivity contribution is 5.81. The van der Waals surface area contributed by atoms with Crippen molar-refractivity contribution < 1.29 is 9.18 Å². The first-order chi connectivity index (χ1) is 9.31. The molecular formula is C16H29FN2O. The lowest BCUT2D eigenvalue weighted by Crippen LogP contribution is -2.34. The summed E-state index contributed by atoms with van der Waals surface area (Å²) in [6.45, 7) is 7.08. The molecular weight excluding hydrogens is 255 g/mol. The molecule has 1 amide bonds. The van der Waals surface area contributed by atoms with Crippen LogP contribution in [0.2, 0.25) is 0 Å². The molecule has 0 saturated carbocycles. The van der Waals surface area contributed by atoms with Crippen LogP contribution in [0.1, 0.15) is 40.0 Å². The lowest BCUT2D eigenvalue weighted by Gasteiger charge is -2.27. The van der Waals surface area contributed by atoms with E-state index in [1.54, 1.807) is 0 Å². The summed E-state index contributed by atoms with van der Waals surface area (Å²) >= 11 is 0. The van der Waals surface area contributed by atoms with Gasteiger partial charge in [-0.25, -0.2) is 4.39 Å². The van der Waals surface area contributed by atoms with E-state index >= 15 is 0 Å². The van der Waals surface area contributed by atoms with Crippen molar-refractivity contribution in [2.75, 3.05) is 20.6 Å². The van der Waals surface area contributed by atoms with Crippen LogP contribution in [-0.2, 0) is 4.79 Å². The van der Waals surface area contributed by atoms with Crippen molar-refractivity contribution in [3.8, 4) is 0 Å². The van der Waals surface area contributed by atoms with Crippen molar-refractivity contribution in [2.45, 2.75) is 58.3 Å². The van der Waals surface area contributed by atoms with Gasteiger partial charge < -0.3 is 9.80 Å².